The molecule has 2 aliphatic carbocycles. The van der Waals surface area contributed by atoms with Gasteiger partial charge in [0.15, 0.2) is 0 Å². The van der Waals surface area contributed by atoms with E-state index >= 15 is 0 Å². The standard InChI is InChI=1S/C9H15NO4S/c1-10(9(11)15(12,13)14)8-5-6-2-3-7(8)4-6/h6-8H,2-5H2,1H3,(H,12,13,14). The zero-order valence-corrected chi connectivity index (χ0v) is 9.40. The average molecular weight is 233 g/mol. The minimum atomic E-state index is -4.57. The van der Waals surface area contributed by atoms with Crippen molar-refractivity contribution in [1.82, 2.24) is 4.90 Å². The fourth-order valence-corrected chi connectivity index (χ4v) is 3.50. The summed E-state index contributed by atoms with van der Waals surface area (Å²) in [5.41, 5.74) is 0. The van der Waals surface area contributed by atoms with Crippen LogP contribution < -0.4 is 0 Å². The van der Waals surface area contributed by atoms with Crippen LogP contribution in [0.2, 0.25) is 0 Å². The largest absolute Gasteiger partial charge is 0.366 e. The van der Waals surface area contributed by atoms with Gasteiger partial charge in [0.2, 0.25) is 0 Å². The Bertz CT molecular complexity index is 378. The van der Waals surface area contributed by atoms with Crippen LogP contribution in [0.5, 0.6) is 0 Å². The van der Waals surface area contributed by atoms with Gasteiger partial charge >= 0.3 is 15.4 Å². The molecule has 0 aromatic carbocycles. The van der Waals surface area contributed by atoms with Crippen molar-refractivity contribution in [2.75, 3.05) is 7.05 Å². The first kappa shape index (κ1) is 10.9. The van der Waals surface area contributed by atoms with E-state index in [1.165, 1.54) is 18.4 Å². The van der Waals surface area contributed by atoms with Crippen molar-refractivity contribution < 1.29 is 17.8 Å². The van der Waals surface area contributed by atoms with Crippen molar-refractivity contribution in [2.45, 2.75) is 31.7 Å². The molecule has 86 valence electrons. The number of rotatable bonds is 1. The summed E-state index contributed by atoms with van der Waals surface area (Å²) in [6, 6.07) is -0.00169. The van der Waals surface area contributed by atoms with Crippen LogP contribution in [-0.4, -0.2) is 36.2 Å². The Hall–Kier alpha value is -0.620. The monoisotopic (exact) mass is 233 g/mol. The van der Waals surface area contributed by atoms with Gasteiger partial charge in [-0.15, -0.1) is 0 Å². The van der Waals surface area contributed by atoms with E-state index in [1.807, 2.05) is 0 Å². The summed E-state index contributed by atoms with van der Waals surface area (Å²) in [5.74, 6) is 1.06. The van der Waals surface area contributed by atoms with Crippen LogP contribution in [0, 0.1) is 11.8 Å². The second-order valence-corrected chi connectivity index (χ2v) is 5.89. The van der Waals surface area contributed by atoms with Crippen molar-refractivity contribution >= 4 is 15.4 Å². The van der Waals surface area contributed by atoms with E-state index in [2.05, 4.69) is 0 Å². The number of nitrogens with zero attached hydrogens (tertiary/aromatic N) is 1. The molecule has 2 bridgehead atoms. The topological polar surface area (TPSA) is 74.7 Å². The summed E-state index contributed by atoms with van der Waals surface area (Å²) >= 11 is 0. The SMILES string of the molecule is CN(C(=O)S(=O)(=O)O)C1CC2CCC1C2. The lowest BCUT2D eigenvalue weighted by atomic mass is 9.95. The first-order chi connectivity index (χ1) is 6.89. The number of hydrogen-bond acceptors (Lipinski definition) is 3. The van der Waals surface area contributed by atoms with Gasteiger partial charge in [-0.2, -0.15) is 8.42 Å². The van der Waals surface area contributed by atoms with Crippen molar-refractivity contribution in [3.63, 3.8) is 0 Å². The maximum Gasteiger partial charge on any atom is 0.366 e. The van der Waals surface area contributed by atoms with Gasteiger partial charge in [-0.25, -0.2) is 0 Å². The molecule has 15 heavy (non-hydrogen) atoms. The quantitative estimate of drug-likeness (QED) is 0.688. The number of amides is 1. The number of carbonyl (C=O) groups is 1. The molecule has 5 nitrogen and oxygen atoms in total. The van der Waals surface area contributed by atoms with E-state index in [4.69, 9.17) is 4.55 Å². The van der Waals surface area contributed by atoms with Gasteiger partial charge in [-0.3, -0.25) is 9.35 Å². The molecule has 0 aliphatic heterocycles. The Labute approximate surface area is 89.2 Å². The van der Waals surface area contributed by atoms with E-state index in [0.29, 0.717) is 11.8 Å². The third-order valence-electron chi connectivity index (χ3n) is 3.71. The lowest BCUT2D eigenvalue weighted by Gasteiger charge is -2.30. The molecule has 0 spiro atoms. The molecule has 6 heteroatoms. The summed E-state index contributed by atoms with van der Waals surface area (Å²) in [4.78, 5) is 12.5. The minimum absolute atomic E-state index is 0.00169. The van der Waals surface area contributed by atoms with Gasteiger partial charge in [0.05, 0.1) is 0 Å². The lowest BCUT2D eigenvalue weighted by Crippen LogP contribution is -2.42. The lowest BCUT2D eigenvalue weighted by molar-refractivity contribution is 0.184. The third kappa shape index (κ3) is 1.88. The molecule has 3 unspecified atom stereocenters. The maximum atomic E-state index is 11.3. The predicted molar refractivity (Wildman–Crippen MR) is 53.9 cm³/mol. The van der Waals surface area contributed by atoms with Gasteiger partial charge in [-0.05, 0) is 31.1 Å². The zero-order chi connectivity index (χ0) is 11.2. The molecule has 0 aromatic rings. The second-order valence-electron chi connectivity index (χ2n) is 4.59. The highest BCUT2D eigenvalue weighted by molar-refractivity contribution is 8.01. The van der Waals surface area contributed by atoms with Crippen LogP contribution in [0.3, 0.4) is 0 Å². The van der Waals surface area contributed by atoms with Crippen molar-refractivity contribution in [3.8, 4) is 0 Å². The first-order valence-electron chi connectivity index (χ1n) is 5.14. The van der Waals surface area contributed by atoms with Crippen LogP contribution in [0.1, 0.15) is 25.7 Å². The molecule has 0 saturated heterocycles. The fraction of sp³-hybridized carbons (Fsp3) is 0.889. The first-order valence-corrected chi connectivity index (χ1v) is 6.58. The van der Waals surface area contributed by atoms with E-state index < -0.39 is 15.4 Å². The van der Waals surface area contributed by atoms with Crippen LogP contribution in [0.15, 0.2) is 0 Å². The summed E-state index contributed by atoms with van der Waals surface area (Å²) in [6.45, 7) is 0. The molecular weight excluding hydrogens is 218 g/mol. The van der Waals surface area contributed by atoms with Crippen LogP contribution in [-0.2, 0) is 10.1 Å². The summed E-state index contributed by atoms with van der Waals surface area (Å²) in [6.07, 6.45) is 4.23. The van der Waals surface area contributed by atoms with E-state index in [0.717, 1.165) is 19.3 Å². The third-order valence-corrected chi connectivity index (χ3v) is 4.44. The van der Waals surface area contributed by atoms with E-state index in [-0.39, 0.29) is 6.04 Å². The summed E-state index contributed by atoms with van der Waals surface area (Å²) in [7, 11) is -3.11. The summed E-state index contributed by atoms with van der Waals surface area (Å²) in [5, 5.41) is -1.17. The molecule has 1 N–H and O–H groups in total. The molecule has 0 aromatic heterocycles. The summed E-state index contributed by atoms with van der Waals surface area (Å²) < 4.78 is 30.1. The normalized spacial score (nSPS) is 34.4. The molecule has 0 radical (unpaired) electrons. The van der Waals surface area contributed by atoms with Crippen LogP contribution in [0.4, 0.5) is 4.79 Å². The van der Waals surface area contributed by atoms with Gasteiger partial charge in [0.1, 0.15) is 0 Å². The molecule has 2 saturated carbocycles. The highest BCUT2D eigenvalue weighted by Gasteiger charge is 2.44. The van der Waals surface area contributed by atoms with Gasteiger partial charge in [0.25, 0.3) is 0 Å². The Balaban J connectivity index is 2.09. The fourth-order valence-electron chi connectivity index (χ4n) is 3.00. The van der Waals surface area contributed by atoms with Gasteiger partial charge in [0, 0.05) is 13.1 Å². The number of hydrogen-bond donors (Lipinski definition) is 1. The Morgan fingerprint density at radius 3 is 2.40 bits per heavy atom. The predicted octanol–water partition coefficient (Wildman–Crippen LogP) is 1.11. The van der Waals surface area contributed by atoms with Crippen molar-refractivity contribution in [1.29, 1.82) is 0 Å². The number of carbonyl (C=O) groups excluding carboxylic acids is 1. The molecule has 2 fully saturated rings. The Morgan fingerprint density at radius 1 is 1.33 bits per heavy atom. The van der Waals surface area contributed by atoms with Gasteiger partial charge in [-0.1, -0.05) is 6.42 Å². The molecule has 0 heterocycles. The zero-order valence-electron chi connectivity index (χ0n) is 8.59. The Kier molecular flexibility index (Phi) is 2.50. The van der Waals surface area contributed by atoms with Crippen molar-refractivity contribution in [2.24, 2.45) is 11.8 Å². The molecular formula is C9H15NO4S. The average Bonchev–Trinajstić information content (AvgIpc) is 2.74. The highest BCUT2D eigenvalue weighted by Crippen LogP contribution is 2.46. The molecule has 2 aliphatic rings. The van der Waals surface area contributed by atoms with Crippen LogP contribution >= 0.6 is 0 Å². The maximum absolute atomic E-state index is 11.3. The van der Waals surface area contributed by atoms with Crippen molar-refractivity contribution in [3.05, 3.63) is 0 Å². The minimum Gasteiger partial charge on any atom is -0.327 e. The second kappa shape index (κ2) is 3.45. The van der Waals surface area contributed by atoms with Crippen LogP contribution in [0.25, 0.3) is 0 Å². The Morgan fingerprint density at radius 2 is 2.00 bits per heavy atom. The van der Waals surface area contributed by atoms with Gasteiger partial charge < -0.3 is 4.90 Å². The highest BCUT2D eigenvalue weighted by atomic mass is 32.2. The molecule has 1 amide bonds. The van der Waals surface area contributed by atoms with E-state index in [9.17, 15) is 13.2 Å². The smallest absolute Gasteiger partial charge is 0.327 e. The molecule has 3 atom stereocenters. The van der Waals surface area contributed by atoms with E-state index in [1.54, 1.807) is 0 Å². The molecule has 2 rings (SSSR count). The number of fused-ring (bicyclic) bond motifs is 2.